The Morgan fingerprint density at radius 2 is 1.70 bits per heavy atom. The number of hydrogen-bond donors (Lipinski definition) is 0. The van der Waals surface area contributed by atoms with Crippen molar-refractivity contribution in [3.05, 3.63) is 64.7 Å². The summed E-state index contributed by atoms with van der Waals surface area (Å²) in [6.07, 6.45) is 2.46. The van der Waals surface area contributed by atoms with Crippen LogP contribution in [0.25, 0.3) is 0 Å². The Balaban J connectivity index is 1.67. The highest BCUT2D eigenvalue weighted by Gasteiger charge is 2.24. The molecular weight excluding hydrogens is 350 g/mol. The highest BCUT2D eigenvalue weighted by molar-refractivity contribution is 5.46. The molecule has 3 nitrogen and oxygen atoms in total. The van der Waals surface area contributed by atoms with Crippen molar-refractivity contribution in [1.29, 1.82) is 0 Å². The van der Waals surface area contributed by atoms with Gasteiger partial charge in [-0.05, 0) is 42.8 Å². The van der Waals surface area contributed by atoms with E-state index in [2.05, 4.69) is 18.8 Å². The van der Waals surface area contributed by atoms with E-state index in [0.717, 1.165) is 25.0 Å². The number of unbranched alkanes of at least 4 members (excludes halogenated alkanes) is 2. The molecule has 0 spiro atoms. The van der Waals surface area contributed by atoms with Crippen molar-refractivity contribution in [2.45, 2.75) is 32.5 Å². The first kappa shape index (κ1) is 19.3. The van der Waals surface area contributed by atoms with Gasteiger partial charge in [0.25, 0.3) is 0 Å². The molecule has 1 heterocycles. The summed E-state index contributed by atoms with van der Waals surface area (Å²) < 4.78 is 44.6. The Kier molecular flexibility index (Phi) is 6.80. The maximum absolute atomic E-state index is 14.3. The summed E-state index contributed by atoms with van der Waals surface area (Å²) in [7, 11) is 0. The average molecular weight is 372 g/mol. The van der Waals surface area contributed by atoms with Gasteiger partial charge in [-0.15, -0.1) is 0 Å². The van der Waals surface area contributed by atoms with Crippen LogP contribution in [0.3, 0.4) is 0 Å². The highest BCUT2D eigenvalue weighted by Crippen LogP contribution is 2.28. The van der Waals surface area contributed by atoms with Crippen LogP contribution < -0.4 is 4.74 Å². The maximum Gasteiger partial charge on any atom is 0.186 e. The summed E-state index contributed by atoms with van der Waals surface area (Å²) in [5.41, 5.74) is 0.747. The Morgan fingerprint density at radius 3 is 2.41 bits per heavy atom. The fourth-order valence-corrected chi connectivity index (χ4v) is 2.70. The van der Waals surface area contributed by atoms with Crippen LogP contribution in [0, 0.1) is 23.5 Å². The van der Waals surface area contributed by atoms with E-state index in [0.29, 0.717) is 25.4 Å². The topological polar surface area (TPSA) is 27.7 Å². The van der Waals surface area contributed by atoms with E-state index in [1.807, 2.05) is 12.1 Å². The maximum atomic E-state index is 14.3. The number of halogens is 2. The highest BCUT2D eigenvalue weighted by atomic mass is 19.2. The molecule has 0 aliphatic carbocycles. The van der Waals surface area contributed by atoms with E-state index in [1.165, 1.54) is 12.1 Å². The first-order valence-electron chi connectivity index (χ1n) is 9.15. The van der Waals surface area contributed by atoms with Crippen molar-refractivity contribution in [3.63, 3.8) is 0 Å². The molecule has 1 aliphatic rings. The molecular formula is C22H22F2O3. The summed E-state index contributed by atoms with van der Waals surface area (Å²) in [5.74, 6) is 4.33. The van der Waals surface area contributed by atoms with Crippen molar-refractivity contribution in [2.24, 2.45) is 0 Å². The summed E-state index contributed by atoms with van der Waals surface area (Å²) in [6.45, 7) is 3.56. The summed E-state index contributed by atoms with van der Waals surface area (Å²) in [6, 6.07) is 10.1. The molecule has 0 saturated carbocycles. The lowest BCUT2D eigenvalue weighted by atomic mass is 10.1. The number of ether oxygens (including phenoxy) is 3. The lowest BCUT2D eigenvalue weighted by molar-refractivity contribution is -0.0468. The fourth-order valence-electron chi connectivity index (χ4n) is 2.70. The largest absolute Gasteiger partial charge is 0.494 e. The molecule has 1 fully saturated rings. The molecule has 1 aliphatic heterocycles. The lowest BCUT2D eigenvalue weighted by Gasteiger charge is -2.11. The predicted octanol–water partition coefficient (Wildman–Crippen LogP) is 4.98. The molecule has 0 bridgehead atoms. The van der Waals surface area contributed by atoms with E-state index in [-0.39, 0.29) is 11.1 Å². The minimum Gasteiger partial charge on any atom is -0.494 e. The van der Waals surface area contributed by atoms with Gasteiger partial charge in [-0.2, -0.15) is 0 Å². The molecule has 0 unspecified atom stereocenters. The van der Waals surface area contributed by atoms with Crippen LogP contribution >= 0.6 is 0 Å². The van der Waals surface area contributed by atoms with Crippen LogP contribution in [0.4, 0.5) is 8.78 Å². The molecule has 2 aromatic rings. The second-order valence-electron chi connectivity index (χ2n) is 6.23. The summed E-state index contributed by atoms with van der Waals surface area (Å²) in [5, 5.41) is 0. The van der Waals surface area contributed by atoms with Gasteiger partial charge in [0.05, 0.1) is 25.4 Å². The molecule has 27 heavy (non-hydrogen) atoms. The van der Waals surface area contributed by atoms with Crippen molar-refractivity contribution in [1.82, 2.24) is 0 Å². The number of hydrogen-bond acceptors (Lipinski definition) is 3. The smallest absolute Gasteiger partial charge is 0.186 e. The average Bonchev–Trinajstić information content (AvgIpc) is 3.22. The fraction of sp³-hybridized carbons (Fsp3) is 0.364. The monoisotopic (exact) mass is 372 g/mol. The summed E-state index contributed by atoms with van der Waals surface area (Å²) in [4.78, 5) is 0. The van der Waals surface area contributed by atoms with E-state index in [1.54, 1.807) is 12.1 Å². The van der Waals surface area contributed by atoms with Gasteiger partial charge in [0.15, 0.2) is 17.9 Å². The Labute approximate surface area is 158 Å². The van der Waals surface area contributed by atoms with Crippen molar-refractivity contribution >= 4 is 0 Å². The van der Waals surface area contributed by atoms with Crippen LogP contribution in [0.15, 0.2) is 36.4 Å². The van der Waals surface area contributed by atoms with E-state index < -0.39 is 17.9 Å². The third kappa shape index (κ3) is 5.06. The Bertz CT molecular complexity index is 816. The third-order valence-electron chi connectivity index (χ3n) is 4.20. The van der Waals surface area contributed by atoms with Gasteiger partial charge in [0.2, 0.25) is 0 Å². The van der Waals surface area contributed by atoms with Gasteiger partial charge < -0.3 is 14.2 Å². The van der Waals surface area contributed by atoms with Crippen LogP contribution in [0.5, 0.6) is 5.75 Å². The Morgan fingerprint density at radius 1 is 0.963 bits per heavy atom. The number of rotatable bonds is 6. The third-order valence-corrected chi connectivity index (χ3v) is 4.20. The second-order valence-corrected chi connectivity index (χ2v) is 6.23. The zero-order chi connectivity index (χ0) is 19.1. The summed E-state index contributed by atoms with van der Waals surface area (Å²) >= 11 is 0. The molecule has 0 atom stereocenters. The first-order valence-corrected chi connectivity index (χ1v) is 9.15. The van der Waals surface area contributed by atoms with Gasteiger partial charge in [-0.1, -0.05) is 31.6 Å². The van der Waals surface area contributed by atoms with Crippen LogP contribution in [-0.2, 0) is 9.47 Å². The predicted molar refractivity (Wildman–Crippen MR) is 98.4 cm³/mol. The SMILES string of the molecule is CCCCCOc1ccc(C#Cc2ccc(C3OCCO3)c(F)c2F)cc1. The zero-order valence-corrected chi connectivity index (χ0v) is 15.3. The van der Waals surface area contributed by atoms with Gasteiger partial charge in [0.1, 0.15) is 5.75 Å². The lowest BCUT2D eigenvalue weighted by Crippen LogP contribution is -2.04. The van der Waals surface area contributed by atoms with Crippen LogP contribution in [-0.4, -0.2) is 19.8 Å². The zero-order valence-electron chi connectivity index (χ0n) is 15.3. The van der Waals surface area contributed by atoms with Crippen LogP contribution in [0.1, 0.15) is 49.2 Å². The standard InChI is InChI=1S/C22H22F2O3/c1-2-3-4-13-25-18-10-6-16(7-11-18)5-8-17-9-12-19(21(24)20(17)23)22-26-14-15-27-22/h6-7,9-12,22H,2-4,13-15H2,1H3. The van der Waals surface area contributed by atoms with E-state index in [4.69, 9.17) is 14.2 Å². The molecule has 0 aromatic heterocycles. The van der Waals surface area contributed by atoms with Gasteiger partial charge in [0, 0.05) is 11.1 Å². The van der Waals surface area contributed by atoms with Crippen molar-refractivity contribution < 1.29 is 23.0 Å². The second kappa shape index (κ2) is 9.50. The van der Waals surface area contributed by atoms with Gasteiger partial charge in [-0.25, -0.2) is 8.78 Å². The van der Waals surface area contributed by atoms with Gasteiger partial charge >= 0.3 is 0 Å². The van der Waals surface area contributed by atoms with E-state index >= 15 is 0 Å². The quantitative estimate of drug-likeness (QED) is 0.529. The van der Waals surface area contributed by atoms with Crippen molar-refractivity contribution in [3.8, 4) is 17.6 Å². The molecule has 142 valence electrons. The number of benzene rings is 2. The van der Waals surface area contributed by atoms with Gasteiger partial charge in [-0.3, -0.25) is 0 Å². The molecule has 0 N–H and O–H groups in total. The Hall–Kier alpha value is -2.42. The van der Waals surface area contributed by atoms with Crippen LogP contribution in [0.2, 0.25) is 0 Å². The molecule has 0 radical (unpaired) electrons. The minimum atomic E-state index is -0.991. The minimum absolute atomic E-state index is 0.00543. The van der Waals surface area contributed by atoms with Crippen molar-refractivity contribution in [2.75, 3.05) is 19.8 Å². The molecule has 3 rings (SSSR count). The molecule has 2 aromatic carbocycles. The molecule has 1 saturated heterocycles. The van der Waals surface area contributed by atoms with E-state index in [9.17, 15) is 8.78 Å². The normalized spacial score (nSPS) is 14.0. The molecule has 0 amide bonds. The molecule has 5 heteroatoms. The first-order chi connectivity index (χ1) is 13.2.